The molecule has 0 spiro atoms. The van der Waals surface area contributed by atoms with Gasteiger partial charge in [-0.25, -0.2) is 9.18 Å². The van der Waals surface area contributed by atoms with Gasteiger partial charge in [-0.05, 0) is 30.2 Å². The van der Waals surface area contributed by atoms with Gasteiger partial charge in [-0.2, -0.15) is 0 Å². The molecular formula is C15H20FNO2. The van der Waals surface area contributed by atoms with Crippen molar-refractivity contribution in [2.75, 3.05) is 18.5 Å². The predicted octanol–water partition coefficient (Wildman–Crippen LogP) is 3.41. The molecule has 0 amide bonds. The van der Waals surface area contributed by atoms with Crippen LogP contribution in [-0.2, 0) is 4.79 Å². The first-order valence-corrected chi connectivity index (χ1v) is 6.35. The van der Waals surface area contributed by atoms with Gasteiger partial charge < -0.3 is 10.0 Å². The van der Waals surface area contributed by atoms with E-state index in [-0.39, 0.29) is 5.82 Å². The van der Waals surface area contributed by atoms with Gasteiger partial charge in [-0.15, -0.1) is 0 Å². The van der Waals surface area contributed by atoms with E-state index in [0.717, 1.165) is 24.7 Å². The quantitative estimate of drug-likeness (QED) is 0.801. The Morgan fingerprint density at radius 2 is 2.21 bits per heavy atom. The van der Waals surface area contributed by atoms with Crippen LogP contribution in [0.1, 0.15) is 25.8 Å². The molecule has 4 heteroatoms. The molecule has 1 atom stereocenters. The average molecular weight is 265 g/mol. The highest BCUT2D eigenvalue weighted by Crippen LogP contribution is 2.23. The van der Waals surface area contributed by atoms with Crippen LogP contribution < -0.4 is 4.90 Å². The maximum Gasteiger partial charge on any atom is 0.328 e. The Kier molecular flexibility index (Phi) is 5.55. The third-order valence-corrected chi connectivity index (χ3v) is 3.09. The first-order chi connectivity index (χ1) is 8.93. The van der Waals surface area contributed by atoms with E-state index < -0.39 is 5.97 Å². The van der Waals surface area contributed by atoms with Crippen molar-refractivity contribution in [1.29, 1.82) is 0 Å². The maximum atomic E-state index is 13.3. The van der Waals surface area contributed by atoms with Crippen molar-refractivity contribution in [1.82, 2.24) is 0 Å². The number of hydrogen-bond donors (Lipinski definition) is 1. The van der Waals surface area contributed by atoms with E-state index in [0.29, 0.717) is 11.5 Å². The van der Waals surface area contributed by atoms with Gasteiger partial charge in [-0.1, -0.05) is 20.3 Å². The van der Waals surface area contributed by atoms with Gasteiger partial charge in [-0.3, -0.25) is 0 Å². The largest absolute Gasteiger partial charge is 0.478 e. The van der Waals surface area contributed by atoms with E-state index in [1.54, 1.807) is 6.07 Å². The Bertz CT molecular complexity index is 471. The lowest BCUT2D eigenvalue weighted by Crippen LogP contribution is -2.24. The number of anilines is 1. The number of carbonyl (C=O) groups is 1. The Morgan fingerprint density at radius 3 is 2.79 bits per heavy atom. The first kappa shape index (κ1) is 15.2. The first-order valence-electron chi connectivity index (χ1n) is 6.35. The Balaban J connectivity index is 3.02. The molecule has 0 aromatic heterocycles. The van der Waals surface area contributed by atoms with E-state index >= 15 is 0 Å². The van der Waals surface area contributed by atoms with Crippen molar-refractivity contribution >= 4 is 17.7 Å². The summed E-state index contributed by atoms with van der Waals surface area (Å²) in [5.41, 5.74) is 1.41. The van der Waals surface area contributed by atoms with Crippen molar-refractivity contribution in [3.05, 3.63) is 35.7 Å². The van der Waals surface area contributed by atoms with Crippen LogP contribution in [0, 0.1) is 11.7 Å². The summed E-state index contributed by atoms with van der Waals surface area (Å²) in [6.07, 6.45) is 3.51. The Labute approximate surface area is 113 Å². The zero-order valence-corrected chi connectivity index (χ0v) is 11.6. The van der Waals surface area contributed by atoms with Gasteiger partial charge in [0.2, 0.25) is 0 Å². The number of carboxylic acid groups (broad SMARTS) is 1. The molecule has 0 saturated heterocycles. The van der Waals surface area contributed by atoms with Crippen LogP contribution in [-0.4, -0.2) is 24.7 Å². The standard InChI is InChI=1S/C15H20FNO2/c1-4-11(2)10-17(3)14-7-6-13(16)9-12(14)5-8-15(18)19/h5-9,11H,4,10H2,1-3H3,(H,18,19)/b8-5+. The summed E-state index contributed by atoms with van der Waals surface area (Å²) in [5, 5.41) is 8.66. The predicted molar refractivity (Wildman–Crippen MR) is 75.8 cm³/mol. The van der Waals surface area contributed by atoms with Gasteiger partial charge in [0.25, 0.3) is 0 Å². The SMILES string of the molecule is CCC(C)CN(C)c1ccc(F)cc1/C=C/C(=O)O. The molecule has 1 aromatic carbocycles. The van der Waals surface area contributed by atoms with Crippen LogP contribution in [0.15, 0.2) is 24.3 Å². The van der Waals surface area contributed by atoms with E-state index in [2.05, 4.69) is 13.8 Å². The van der Waals surface area contributed by atoms with Gasteiger partial charge in [0, 0.05) is 30.9 Å². The minimum Gasteiger partial charge on any atom is -0.478 e. The summed E-state index contributed by atoms with van der Waals surface area (Å²) in [4.78, 5) is 12.6. The molecule has 3 nitrogen and oxygen atoms in total. The molecule has 1 N–H and O–H groups in total. The monoisotopic (exact) mass is 265 g/mol. The summed E-state index contributed by atoms with van der Waals surface area (Å²) in [7, 11) is 1.93. The van der Waals surface area contributed by atoms with Crippen LogP contribution in [0.2, 0.25) is 0 Å². The molecule has 1 unspecified atom stereocenters. The van der Waals surface area contributed by atoms with Crippen LogP contribution in [0.3, 0.4) is 0 Å². The number of hydrogen-bond acceptors (Lipinski definition) is 2. The lowest BCUT2D eigenvalue weighted by molar-refractivity contribution is -0.131. The lowest BCUT2D eigenvalue weighted by atomic mass is 10.1. The second kappa shape index (κ2) is 6.92. The van der Waals surface area contributed by atoms with Crippen molar-refractivity contribution in [2.24, 2.45) is 5.92 Å². The normalized spacial score (nSPS) is 12.6. The molecule has 0 aliphatic carbocycles. The van der Waals surface area contributed by atoms with Gasteiger partial charge in [0.1, 0.15) is 5.82 Å². The molecule has 104 valence electrons. The smallest absolute Gasteiger partial charge is 0.328 e. The Hall–Kier alpha value is -1.84. The minimum atomic E-state index is -1.04. The molecule has 1 aromatic rings. The van der Waals surface area contributed by atoms with Crippen LogP contribution in [0.25, 0.3) is 6.08 Å². The Morgan fingerprint density at radius 1 is 1.53 bits per heavy atom. The maximum absolute atomic E-state index is 13.3. The lowest BCUT2D eigenvalue weighted by Gasteiger charge is -2.24. The summed E-state index contributed by atoms with van der Waals surface area (Å²) < 4.78 is 13.3. The molecule has 0 fully saturated rings. The number of halogens is 1. The highest BCUT2D eigenvalue weighted by molar-refractivity contribution is 5.87. The van der Waals surface area contributed by atoms with Gasteiger partial charge in [0.15, 0.2) is 0 Å². The molecule has 0 aliphatic rings. The molecule has 0 radical (unpaired) electrons. The van der Waals surface area contributed by atoms with Crippen molar-refractivity contribution in [3.8, 4) is 0 Å². The fourth-order valence-corrected chi connectivity index (χ4v) is 1.86. The van der Waals surface area contributed by atoms with E-state index in [9.17, 15) is 9.18 Å². The summed E-state index contributed by atoms with van der Waals surface area (Å²) in [6.45, 7) is 5.11. The molecule has 0 aliphatic heterocycles. The second-order valence-electron chi connectivity index (χ2n) is 4.77. The average Bonchev–Trinajstić information content (AvgIpc) is 2.36. The highest BCUT2D eigenvalue weighted by atomic mass is 19.1. The van der Waals surface area contributed by atoms with Crippen LogP contribution in [0.5, 0.6) is 0 Å². The molecule has 0 saturated carbocycles. The van der Waals surface area contributed by atoms with Crippen LogP contribution >= 0.6 is 0 Å². The number of carboxylic acids is 1. The molecular weight excluding hydrogens is 245 g/mol. The molecule has 0 heterocycles. The summed E-state index contributed by atoms with van der Waals surface area (Å²) in [5.74, 6) is -0.892. The topological polar surface area (TPSA) is 40.5 Å². The molecule has 0 bridgehead atoms. The third-order valence-electron chi connectivity index (χ3n) is 3.09. The van der Waals surface area contributed by atoms with Gasteiger partial charge in [0.05, 0.1) is 0 Å². The number of nitrogens with zero attached hydrogens (tertiary/aromatic N) is 1. The van der Waals surface area contributed by atoms with Crippen molar-refractivity contribution < 1.29 is 14.3 Å². The van der Waals surface area contributed by atoms with E-state index in [4.69, 9.17) is 5.11 Å². The number of aliphatic carboxylic acids is 1. The fourth-order valence-electron chi connectivity index (χ4n) is 1.86. The summed E-state index contributed by atoms with van der Waals surface area (Å²) >= 11 is 0. The number of benzene rings is 1. The third kappa shape index (κ3) is 4.73. The van der Waals surface area contributed by atoms with Crippen molar-refractivity contribution in [3.63, 3.8) is 0 Å². The van der Waals surface area contributed by atoms with Crippen molar-refractivity contribution in [2.45, 2.75) is 20.3 Å². The molecule has 19 heavy (non-hydrogen) atoms. The number of rotatable bonds is 6. The highest BCUT2D eigenvalue weighted by Gasteiger charge is 2.10. The summed E-state index contributed by atoms with van der Waals surface area (Å²) in [6, 6.07) is 4.42. The van der Waals surface area contributed by atoms with Crippen LogP contribution in [0.4, 0.5) is 10.1 Å². The fraction of sp³-hybridized carbons (Fsp3) is 0.400. The zero-order chi connectivity index (χ0) is 14.4. The van der Waals surface area contributed by atoms with E-state index in [1.165, 1.54) is 18.2 Å². The minimum absolute atomic E-state index is 0.370. The van der Waals surface area contributed by atoms with Gasteiger partial charge >= 0.3 is 5.97 Å². The second-order valence-corrected chi connectivity index (χ2v) is 4.77. The van der Waals surface area contributed by atoms with E-state index in [1.807, 2.05) is 11.9 Å². The molecule has 1 rings (SSSR count). The zero-order valence-electron chi connectivity index (χ0n) is 11.6.